The highest BCUT2D eigenvalue weighted by Crippen LogP contribution is 2.46. The fourth-order valence-corrected chi connectivity index (χ4v) is 5.74. The first-order valence-electron chi connectivity index (χ1n) is 12.3. The molecular formula is C25H20F7N5O5S. The van der Waals surface area contributed by atoms with Gasteiger partial charge in [-0.2, -0.15) is 36.1 Å². The number of aryl methyl sites for hydroxylation is 1. The third-order valence-electron chi connectivity index (χ3n) is 6.80. The van der Waals surface area contributed by atoms with Crippen LogP contribution in [0.1, 0.15) is 39.2 Å². The number of alkyl halides is 6. The first kappa shape index (κ1) is 30.2. The minimum absolute atomic E-state index is 0.00396. The van der Waals surface area contributed by atoms with Crippen molar-refractivity contribution in [1.82, 2.24) is 20.1 Å². The first-order valence-corrected chi connectivity index (χ1v) is 14.4. The monoisotopic (exact) mass is 635 g/mol. The molecule has 2 amide bonds. The number of nitrogens with one attached hydrogen (secondary N) is 2. The van der Waals surface area contributed by atoms with E-state index in [1.54, 1.807) is 0 Å². The number of halogens is 7. The minimum Gasteiger partial charge on any atom is -0.484 e. The summed E-state index contributed by atoms with van der Waals surface area (Å²) in [4.78, 5) is 29.8. The van der Waals surface area contributed by atoms with Gasteiger partial charge >= 0.3 is 12.4 Å². The Bertz CT molecular complexity index is 1740. The second-order valence-electron chi connectivity index (χ2n) is 10.2. The molecule has 1 spiro atoms. The second-order valence-corrected chi connectivity index (χ2v) is 12.3. The van der Waals surface area contributed by atoms with Crippen molar-refractivity contribution in [2.24, 2.45) is 0 Å². The van der Waals surface area contributed by atoms with Gasteiger partial charge in [0.2, 0.25) is 5.91 Å². The molecule has 43 heavy (non-hydrogen) atoms. The van der Waals surface area contributed by atoms with Crippen molar-refractivity contribution in [1.29, 1.82) is 0 Å². The van der Waals surface area contributed by atoms with E-state index < -0.39 is 63.3 Å². The average molecular weight is 636 g/mol. The SMILES string of the molecule is CS(=O)(=O)CC(=O)Nc1c2c(nn1-c1ccc(C(F)(F)F)cn1)C[C@]1(CCc3cc(OCC(F)(F)F)cc(F)c31)NC2=O. The largest absolute Gasteiger partial charge is 0.484 e. The van der Waals surface area contributed by atoms with Crippen molar-refractivity contribution in [3.63, 3.8) is 0 Å². The summed E-state index contributed by atoms with van der Waals surface area (Å²) in [6.07, 6.45) is -8.02. The van der Waals surface area contributed by atoms with Crippen molar-refractivity contribution in [3.8, 4) is 11.6 Å². The molecule has 1 atom stereocenters. The van der Waals surface area contributed by atoms with E-state index in [1.807, 2.05) is 0 Å². The fourth-order valence-electron chi connectivity index (χ4n) is 5.19. The van der Waals surface area contributed by atoms with Crippen molar-refractivity contribution in [2.75, 3.05) is 23.9 Å². The van der Waals surface area contributed by atoms with E-state index in [0.717, 1.165) is 23.1 Å². The van der Waals surface area contributed by atoms with Crippen LogP contribution in [0.4, 0.5) is 36.6 Å². The van der Waals surface area contributed by atoms with Gasteiger partial charge in [-0.3, -0.25) is 9.59 Å². The number of hydrogen-bond donors (Lipinski definition) is 2. The van der Waals surface area contributed by atoms with E-state index in [4.69, 9.17) is 0 Å². The molecule has 10 nitrogen and oxygen atoms in total. The summed E-state index contributed by atoms with van der Waals surface area (Å²) in [5.41, 5.74) is -2.50. The number of fused-ring (bicyclic) bond motifs is 3. The molecule has 3 heterocycles. The van der Waals surface area contributed by atoms with Gasteiger partial charge in [-0.15, -0.1) is 0 Å². The number of nitrogens with zero attached hydrogens (tertiary/aromatic N) is 3. The summed E-state index contributed by atoms with van der Waals surface area (Å²) in [7, 11) is -3.83. The van der Waals surface area contributed by atoms with Gasteiger partial charge in [0, 0.05) is 30.5 Å². The molecule has 2 aliphatic rings. The van der Waals surface area contributed by atoms with Gasteiger partial charge < -0.3 is 15.4 Å². The molecule has 0 fully saturated rings. The van der Waals surface area contributed by atoms with Gasteiger partial charge in [-0.05, 0) is 36.6 Å². The fraction of sp³-hybridized carbons (Fsp3) is 0.360. The van der Waals surface area contributed by atoms with Crippen LogP contribution >= 0.6 is 0 Å². The van der Waals surface area contributed by atoms with Gasteiger partial charge in [0.05, 0.1) is 16.8 Å². The maximum absolute atomic E-state index is 15.4. The zero-order chi connectivity index (χ0) is 31.5. The van der Waals surface area contributed by atoms with Crippen LogP contribution in [-0.4, -0.2) is 59.8 Å². The van der Waals surface area contributed by atoms with Crippen LogP contribution in [0.25, 0.3) is 5.82 Å². The Kier molecular flexibility index (Phi) is 7.18. The highest BCUT2D eigenvalue weighted by atomic mass is 32.2. The molecule has 0 saturated heterocycles. The summed E-state index contributed by atoms with van der Waals surface area (Å²) in [6.45, 7) is -1.64. The average Bonchev–Trinajstić information content (AvgIpc) is 3.39. The van der Waals surface area contributed by atoms with E-state index in [1.165, 1.54) is 6.07 Å². The topological polar surface area (TPSA) is 132 Å². The Hall–Kier alpha value is -4.22. The predicted molar refractivity (Wildman–Crippen MR) is 134 cm³/mol. The molecule has 18 heteroatoms. The molecule has 2 aromatic heterocycles. The minimum atomic E-state index is -4.72. The molecule has 5 rings (SSSR count). The summed E-state index contributed by atoms with van der Waals surface area (Å²) in [5, 5.41) is 9.24. The molecule has 1 aliphatic carbocycles. The van der Waals surface area contributed by atoms with Crippen LogP contribution in [0.2, 0.25) is 0 Å². The molecule has 3 aromatic rings. The van der Waals surface area contributed by atoms with E-state index in [0.29, 0.717) is 12.3 Å². The van der Waals surface area contributed by atoms with Crippen molar-refractivity contribution < 1.29 is 53.5 Å². The van der Waals surface area contributed by atoms with Gasteiger partial charge in [-0.1, -0.05) is 0 Å². The number of benzene rings is 1. The van der Waals surface area contributed by atoms with Gasteiger partial charge in [-0.25, -0.2) is 17.8 Å². The lowest BCUT2D eigenvalue weighted by molar-refractivity contribution is -0.153. The van der Waals surface area contributed by atoms with E-state index in [2.05, 4.69) is 25.5 Å². The van der Waals surface area contributed by atoms with Gasteiger partial charge in [0.25, 0.3) is 5.91 Å². The maximum Gasteiger partial charge on any atom is 0.422 e. The molecule has 2 N–H and O–H groups in total. The first-order chi connectivity index (χ1) is 19.9. The number of anilines is 1. The Morgan fingerprint density at radius 1 is 1.19 bits per heavy atom. The van der Waals surface area contributed by atoms with Crippen molar-refractivity contribution in [2.45, 2.75) is 37.2 Å². The number of rotatable bonds is 6. The number of sulfone groups is 1. The van der Waals surface area contributed by atoms with Gasteiger partial charge in [0.1, 0.15) is 22.9 Å². The van der Waals surface area contributed by atoms with E-state index in [9.17, 15) is 44.3 Å². The lowest BCUT2D eigenvalue weighted by atomic mass is 9.82. The van der Waals surface area contributed by atoms with Crippen LogP contribution < -0.4 is 15.4 Å². The normalized spacial score (nSPS) is 18.3. The number of pyridine rings is 1. The Morgan fingerprint density at radius 2 is 1.91 bits per heavy atom. The van der Waals surface area contributed by atoms with Gasteiger partial charge in [0.15, 0.2) is 28.1 Å². The van der Waals surface area contributed by atoms with Crippen LogP contribution in [0.3, 0.4) is 0 Å². The standard InChI is InChI=1S/C25H20F7N5O5S/c1-43(40,41)10-18(38)34-21-19-16(36-37(21)17-3-2-13(9-33-17)25(30,31)32)8-23(35-22(19)39)5-4-12-6-14(7-15(26)20(12)23)42-11-24(27,28)29/h2-3,6-7,9H,4-5,8,10-11H2,1H3,(H,34,38)(H,35,39)/t23-/m0/s1. The molecule has 0 saturated carbocycles. The Morgan fingerprint density at radius 3 is 2.51 bits per heavy atom. The zero-order valence-corrected chi connectivity index (χ0v) is 22.7. The Labute approximate surface area is 238 Å². The predicted octanol–water partition coefficient (Wildman–Crippen LogP) is 3.48. The van der Waals surface area contributed by atoms with Crippen molar-refractivity contribution >= 4 is 27.5 Å². The second kappa shape index (κ2) is 10.2. The summed E-state index contributed by atoms with van der Waals surface area (Å²) >= 11 is 0. The molecule has 0 unspecified atom stereocenters. The van der Waals surface area contributed by atoms with Crippen LogP contribution in [-0.2, 0) is 39.2 Å². The third kappa shape index (κ3) is 6.14. The number of ether oxygens (including phenoxy) is 1. The van der Waals surface area contributed by atoms with Crippen molar-refractivity contribution in [3.05, 3.63) is 64.2 Å². The number of carbonyl (C=O) groups is 2. The third-order valence-corrected chi connectivity index (χ3v) is 7.58. The van der Waals surface area contributed by atoms with Crippen LogP contribution in [0.15, 0.2) is 30.5 Å². The van der Waals surface area contributed by atoms with Crippen LogP contribution in [0, 0.1) is 5.82 Å². The van der Waals surface area contributed by atoms with Crippen LogP contribution in [0.5, 0.6) is 5.75 Å². The molecular weight excluding hydrogens is 615 g/mol. The smallest absolute Gasteiger partial charge is 0.422 e. The summed E-state index contributed by atoms with van der Waals surface area (Å²) < 4.78 is 121. The summed E-state index contributed by atoms with van der Waals surface area (Å²) in [5.74, 6) is -4.88. The van der Waals surface area contributed by atoms with E-state index >= 15 is 4.39 Å². The highest BCUT2D eigenvalue weighted by Gasteiger charge is 2.48. The summed E-state index contributed by atoms with van der Waals surface area (Å²) in [6, 6.07) is 3.62. The Balaban J connectivity index is 1.56. The quantitative estimate of drug-likeness (QED) is 0.397. The number of carbonyl (C=O) groups excluding carboxylic acids is 2. The molecule has 230 valence electrons. The molecule has 1 aromatic carbocycles. The molecule has 1 aliphatic heterocycles. The number of amides is 2. The maximum atomic E-state index is 15.4. The lowest BCUT2D eigenvalue weighted by Crippen LogP contribution is -2.50. The highest BCUT2D eigenvalue weighted by molar-refractivity contribution is 7.91. The van der Waals surface area contributed by atoms with E-state index in [-0.39, 0.29) is 59.0 Å². The zero-order valence-electron chi connectivity index (χ0n) is 21.9. The molecule has 0 radical (unpaired) electrons. The number of aromatic nitrogens is 3. The number of hydrogen-bond acceptors (Lipinski definition) is 7. The molecule has 0 bridgehead atoms. The lowest BCUT2D eigenvalue weighted by Gasteiger charge is -2.35.